The molecule has 4 rings (SSSR count). The van der Waals surface area contributed by atoms with Gasteiger partial charge in [0, 0.05) is 29.9 Å². The Labute approximate surface area is 197 Å². The van der Waals surface area contributed by atoms with Crippen molar-refractivity contribution in [2.24, 2.45) is 0 Å². The van der Waals surface area contributed by atoms with Gasteiger partial charge in [-0.1, -0.05) is 18.2 Å². The van der Waals surface area contributed by atoms with Crippen molar-refractivity contribution >= 4 is 28.5 Å². The number of benzene rings is 1. The number of rotatable bonds is 7. The summed E-state index contributed by atoms with van der Waals surface area (Å²) in [5.74, 6) is -1.72. The highest BCUT2D eigenvalue weighted by Crippen LogP contribution is 2.35. The van der Waals surface area contributed by atoms with E-state index in [1.54, 1.807) is 38.4 Å². The fourth-order valence-corrected chi connectivity index (χ4v) is 4.46. The lowest BCUT2D eigenvalue weighted by Gasteiger charge is -2.16. The van der Waals surface area contributed by atoms with Gasteiger partial charge in [-0.25, -0.2) is 4.79 Å². The van der Waals surface area contributed by atoms with Gasteiger partial charge in [0.1, 0.15) is 5.78 Å². The third-order valence-electron chi connectivity index (χ3n) is 6.16. The maximum Gasteiger partial charge on any atom is 0.335 e. The molecule has 2 atom stereocenters. The highest BCUT2D eigenvalue weighted by Gasteiger charge is 2.23. The first kappa shape index (κ1) is 23.0. The highest BCUT2D eigenvalue weighted by atomic mass is 16.4. The summed E-state index contributed by atoms with van der Waals surface area (Å²) in [6, 6.07) is 12.8. The zero-order chi connectivity index (χ0) is 24.6. The number of carboxylic acid groups (broad SMARTS) is 1. The van der Waals surface area contributed by atoms with Gasteiger partial charge in [-0.15, -0.1) is 0 Å². The zero-order valence-electron chi connectivity index (χ0n) is 19.5. The summed E-state index contributed by atoms with van der Waals surface area (Å²) in [6.07, 6.45) is 5.40. The topological polar surface area (TPSA) is 109 Å². The number of aromatic nitrogens is 3. The van der Waals surface area contributed by atoms with Gasteiger partial charge in [-0.2, -0.15) is 0 Å². The smallest absolute Gasteiger partial charge is 0.335 e. The summed E-state index contributed by atoms with van der Waals surface area (Å²) in [6.45, 7) is 6.94. The summed E-state index contributed by atoms with van der Waals surface area (Å²) < 4.78 is 2.07. The van der Waals surface area contributed by atoms with E-state index < -0.39 is 11.9 Å². The minimum atomic E-state index is -0.963. The number of Topliss-reactive ketones (excluding diaryl/α,β-unsaturated/α-hetero) is 1. The third kappa shape index (κ3) is 4.12. The van der Waals surface area contributed by atoms with Crippen molar-refractivity contribution in [2.45, 2.75) is 39.7 Å². The van der Waals surface area contributed by atoms with E-state index in [4.69, 9.17) is 10.4 Å². The van der Waals surface area contributed by atoms with Crippen LogP contribution in [0.1, 0.15) is 59.9 Å². The average Bonchev–Trinajstić information content (AvgIpc) is 3.17. The van der Waals surface area contributed by atoms with Crippen molar-refractivity contribution in [2.75, 3.05) is 0 Å². The Bertz CT molecular complexity index is 1410. The Morgan fingerprint density at radius 2 is 1.85 bits per heavy atom. The molecule has 2 N–H and O–H groups in total. The number of hydrogen-bond donors (Lipinski definition) is 2. The van der Waals surface area contributed by atoms with Gasteiger partial charge in [0.15, 0.2) is 0 Å². The Hall–Kier alpha value is -4.13. The lowest BCUT2D eigenvalue weighted by molar-refractivity contribution is -0.117. The van der Waals surface area contributed by atoms with Gasteiger partial charge in [0.05, 0.1) is 34.3 Å². The molecule has 0 fully saturated rings. The van der Waals surface area contributed by atoms with Crippen LogP contribution in [0.2, 0.25) is 0 Å². The molecule has 0 spiro atoms. The molecule has 1 unspecified atom stereocenters. The van der Waals surface area contributed by atoms with Gasteiger partial charge in [-0.3, -0.25) is 14.8 Å². The van der Waals surface area contributed by atoms with Gasteiger partial charge >= 0.3 is 5.97 Å². The lowest BCUT2D eigenvalue weighted by atomic mass is 9.92. The molecule has 0 radical (unpaired) electrons. The predicted molar refractivity (Wildman–Crippen MR) is 132 cm³/mol. The molecule has 1 aromatic carbocycles. The summed E-state index contributed by atoms with van der Waals surface area (Å²) >= 11 is 0. The molecule has 3 heterocycles. The van der Waals surface area contributed by atoms with E-state index >= 15 is 0 Å². The first-order valence-corrected chi connectivity index (χ1v) is 11.0. The van der Waals surface area contributed by atoms with Crippen molar-refractivity contribution in [3.05, 3.63) is 83.4 Å². The molecule has 0 saturated carbocycles. The monoisotopic (exact) mass is 454 g/mol. The van der Waals surface area contributed by atoms with Crippen molar-refractivity contribution in [3.63, 3.8) is 0 Å². The first-order valence-electron chi connectivity index (χ1n) is 11.0. The summed E-state index contributed by atoms with van der Waals surface area (Å²) in [5.41, 5.74) is 6.00. The molecule has 34 heavy (non-hydrogen) atoms. The van der Waals surface area contributed by atoms with E-state index in [1.807, 2.05) is 43.5 Å². The molecule has 7 nitrogen and oxygen atoms in total. The number of carboxylic acids is 1. The van der Waals surface area contributed by atoms with E-state index in [0.29, 0.717) is 11.1 Å². The fraction of sp³-hybridized carbons (Fsp3) is 0.222. The zero-order valence-corrected chi connectivity index (χ0v) is 19.5. The molecule has 0 aliphatic heterocycles. The quantitative estimate of drug-likeness (QED) is 0.362. The SMILES string of the molecule is CC(=N)C(C(C)=O)c1cnc2c(-c3ccc(C(=O)O)c(C)c3)cn([C@@H](C)c3ccccn3)c2c1. The second-order valence-corrected chi connectivity index (χ2v) is 8.58. The molecule has 0 amide bonds. The Morgan fingerprint density at radius 1 is 1.09 bits per heavy atom. The van der Waals surface area contributed by atoms with Crippen LogP contribution in [0, 0.1) is 12.3 Å². The molecule has 7 heteroatoms. The van der Waals surface area contributed by atoms with Gasteiger partial charge in [-0.05, 0) is 68.7 Å². The van der Waals surface area contributed by atoms with Crippen LogP contribution in [0.5, 0.6) is 0 Å². The second kappa shape index (κ2) is 9.02. The Kier molecular flexibility index (Phi) is 6.11. The summed E-state index contributed by atoms with van der Waals surface area (Å²) in [5, 5.41) is 17.5. The Balaban J connectivity index is 1.96. The molecule has 3 aromatic heterocycles. The Morgan fingerprint density at radius 3 is 2.44 bits per heavy atom. The number of ketones is 1. The van der Waals surface area contributed by atoms with Crippen LogP contribution in [-0.2, 0) is 4.79 Å². The third-order valence-corrected chi connectivity index (χ3v) is 6.16. The number of nitrogens with zero attached hydrogens (tertiary/aromatic N) is 3. The van der Waals surface area contributed by atoms with E-state index in [0.717, 1.165) is 27.9 Å². The van der Waals surface area contributed by atoms with Crippen molar-refractivity contribution in [1.82, 2.24) is 14.5 Å². The van der Waals surface area contributed by atoms with Crippen LogP contribution in [0.25, 0.3) is 22.2 Å². The van der Waals surface area contributed by atoms with Crippen LogP contribution in [0.4, 0.5) is 0 Å². The molecule has 0 bridgehead atoms. The largest absolute Gasteiger partial charge is 0.478 e. The number of aryl methyl sites for hydroxylation is 1. The lowest BCUT2D eigenvalue weighted by Crippen LogP contribution is -2.17. The van der Waals surface area contributed by atoms with Crippen LogP contribution in [-0.4, -0.2) is 37.1 Å². The average molecular weight is 455 g/mol. The van der Waals surface area contributed by atoms with Gasteiger partial charge in [0.25, 0.3) is 0 Å². The molecule has 0 saturated heterocycles. The molecule has 0 aliphatic rings. The normalized spacial score (nSPS) is 12.9. The fourth-order valence-electron chi connectivity index (χ4n) is 4.46. The number of fused-ring (bicyclic) bond motifs is 1. The van der Waals surface area contributed by atoms with Crippen LogP contribution >= 0.6 is 0 Å². The second-order valence-electron chi connectivity index (χ2n) is 8.58. The highest BCUT2D eigenvalue weighted by molar-refractivity contribution is 6.07. The molecule has 172 valence electrons. The van der Waals surface area contributed by atoms with Crippen molar-refractivity contribution in [3.8, 4) is 11.1 Å². The van der Waals surface area contributed by atoms with Crippen molar-refractivity contribution < 1.29 is 14.7 Å². The molecular formula is C27H26N4O3. The van der Waals surface area contributed by atoms with Crippen LogP contribution in [0.15, 0.2) is 61.1 Å². The van der Waals surface area contributed by atoms with E-state index in [9.17, 15) is 14.7 Å². The van der Waals surface area contributed by atoms with Gasteiger partial charge in [0.2, 0.25) is 0 Å². The van der Waals surface area contributed by atoms with E-state index in [-0.39, 0.29) is 23.1 Å². The minimum Gasteiger partial charge on any atom is -0.478 e. The minimum absolute atomic E-state index is 0.107. The van der Waals surface area contributed by atoms with Crippen LogP contribution < -0.4 is 0 Å². The van der Waals surface area contributed by atoms with Crippen LogP contribution in [0.3, 0.4) is 0 Å². The molecule has 4 aromatic rings. The number of pyridine rings is 2. The van der Waals surface area contributed by atoms with Crippen molar-refractivity contribution in [1.29, 1.82) is 5.41 Å². The standard InChI is InChI=1S/C27H26N4O3/c1-15-11-19(8-9-21(15)27(33)34)22-14-31(17(3)23-7-5-6-10-29-23)24-12-20(13-30-26(22)24)25(16(2)28)18(4)32/h5-14,17,25,28H,1-4H3,(H,33,34)/t17-,25?/m0/s1. The number of nitrogens with one attached hydrogen (secondary N) is 1. The first-order chi connectivity index (χ1) is 16.2. The summed E-state index contributed by atoms with van der Waals surface area (Å²) in [7, 11) is 0. The maximum atomic E-state index is 12.3. The summed E-state index contributed by atoms with van der Waals surface area (Å²) in [4.78, 5) is 33.0. The van der Waals surface area contributed by atoms with E-state index in [2.05, 4.69) is 9.55 Å². The molecular weight excluding hydrogens is 428 g/mol. The predicted octanol–water partition coefficient (Wildman–Crippen LogP) is 5.43. The number of carbonyl (C=O) groups is 2. The van der Waals surface area contributed by atoms with E-state index in [1.165, 1.54) is 6.92 Å². The molecule has 0 aliphatic carbocycles. The van der Waals surface area contributed by atoms with Gasteiger partial charge < -0.3 is 15.1 Å². The number of carbonyl (C=O) groups excluding carboxylic acids is 1. The number of hydrogen-bond acceptors (Lipinski definition) is 5. The number of aromatic carboxylic acids is 1. The maximum absolute atomic E-state index is 12.3.